The van der Waals surface area contributed by atoms with Gasteiger partial charge in [-0.3, -0.25) is 4.79 Å². The second kappa shape index (κ2) is 9.18. The highest BCUT2D eigenvalue weighted by molar-refractivity contribution is 7.91. The predicted molar refractivity (Wildman–Crippen MR) is 115 cm³/mol. The van der Waals surface area contributed by atoms with E-state index in [2.05, 4.69) is 13.8 Å². The topological polar surface area (TPSA) is 63.7 Å². The van der Waals surface area contributed by atoms with Crippen LogP contribution in [0.3, 0.4) is 0 Å². The summed E-state index contributed by atoms with van der Waals surface area (Å²) in [6.07, 6.45) is 0.439. The molecule has 156 valence electrons. The van der Waals surface area contributed by atoms with E-state index in [1.807, 2.05) is 18.2 Å². The Bertz CT molecular complexity index is 957. The first kappa shape index (κ1) is 21.7. The molecule has 1 amide bonds. The normalized spacial score (nSPS) is 18.0. The van der Waals surface area contributed by atoms with Gasteiger partial charge in [0, 0.05) is 23.2 Å². The molecular weight excluding hydrogens is 410 g/mol. The Kier molecular flexibility index (Phi) is 6.85. The third-order valence-electron chi connectivity index (χ3n) is 4.89. The summed E-state index contributed by atoms with van der Waals surface area (Å²) >= 11 is 6.29. The summed E-state index contributed by atoms with van der Waals surface area (Å²) in [5, 5.41) is 0.559. The van der Waals surface area contributed by atoms with Crippen molar-refractivity contribution in [2.24, 2.45) is 5.92 Å². The number of halogens is 1. The maximum absolute atomic E-state index is 13.3. The van der Waals surface area contributed by atoms with Gasteiger partial charge in [0.2, 0.25) is 0 Å². The zero-order valence-electron chi connectivity index (χ0n) is 16.7. The predicted octanol–water partition coefficient (Wildman–Crippen LogP) is 4.20. The molecular formula is C22H26ClNO4S. The van der Waals surface area contributed by atoms with Crippen molar-refractivity contribution in [3.05, 3.63) is 64.7 Å². The minimum Gasteiger partial charge on any atom is -0.493 e. The number of ether oxygens (including phenoxy) is 1. The number of benzene rings is 2. The number of carbonyl (C=O) groups excluding carboxylic acids is 1. The van der Waals surface area contributed by atoms with Crippen LogP contribution in [0.5, 0.6) is 5.75 Å². The maximum Gasteiger partial charge on any atom is 0.254 e. The van der Waals surface area contributed by atoms with Gasteiger partial charge in [-0.05, 0) is 48.2 Å². The molecule has 2 aromatic rings. The van der Waals surface area contributed by atoms with Crippen LogP contribution >= 0.6 is 11.6 Å². The van der Waals surface area contributed by atoms with Crippen LogP contribution in [0.2, 0.25) is 5.02 Å². The van der Waals surface area contributed by atoms with Gasteiger partial charge in [0.1, 0.15) is 5.75 Å². The second-order valence-corrected chi connectivity index (χ2v) is 10.4. The average Bonchev–Trinajstić information content (AvgIpc) is 3.05. The molecule has 1 heterocycles. The molecule has 0 N–H and O–H groups in total. The molecule has 1 unspecified atom stereocenters. The zero-order chi connectivity index (χ0) is 21.0. The number of sulfone groups is 1. The molecule has 29 heavy (non-hydrogen) atoms. The smallest absolute Gasteiger partial charge is 0.254 e. The van der Waals surface area contributed by atoms with Crippen molar-refractivity contribution in [2.45, 2.75) is 32.9 Å². The van der Waals surface area contributed by atoms with Crippen LogP contribution in [-0.2, 0) is 16.4 Å². The van der Waals surface area contributed by atoms with Crippen LogP contribution in [0.15, 0.2) is 48.5 Å². The Morgan fingerprint density at radius 2 is 1.86 bits per heavy atom. The number of hydrogen-bond acceptors (Lipinski definition) is 4. The Morgan fingerprint density at radius 1 is 1.17 bits per heavy atom. The molecule has 0 bridgehead atoms. The molecule has 1 aliphatic heterocycles. The second-order valence-electron chi connectivity index (χ2n) is 7.81. The van der Waals surface area contributed by atoms with Crippen molar-refractivity contribution in [1.82, 2.24) is 4.90 Å². The van der Waals surface area contributed by atoms with Crippen LogP contribution in [0.1, 0.15) is 36.2 Å². The zero-order valence-corrected chi connectivity index (χ0v) is 18.2. The summed E-state index contributed by atoms with van der Waals surface area (Å²) in [6.45, 7) is 5.01. The molecule has 1 fully saturated rings. The highest BCUT2D eigenvalue weighted by Gasteiger charge is 2.35. The molecule has 5 nitrogen and oxygen atoms in total. The Hall–Kier alpha value is -2.05. The van der Waals surface area contributed by atoms with E-state index in [1.54, 1.807) is 35.2 Å². The Morgan fingerprint density at radius 3 is 2.45 bits per heavy atom. The van der Waals surface area contributed by atoms with Crippen LogP contribution < -0.4 is 4.74 Å². The van der Waals surface area contributed by atoms with E-state index in [1.165, 1.54) is 0 Å². The lowest BCUT2D eigenvalue weighted by molar-refractivity contribution is 0.0681. The first-order chi connectivity index (χ1) is 13.7. The van der Waals surface area contributed by atoms with E-state index in [4.69, 9.17) is 16.3 Å². The van der Waals surface area contributed by atoms with Gasteiger partial charge in [-0.25, -0.2) is 8.42 Å². The SMILES string of the molecule is CC(C)COc1ccc(C(=O)N(Cc2ccccc2Cl)C2CCS(=O)(=O)C2)cc1. The molecule has 1 atom stereocenters. The summed E-state index contributed by atoms with van der Waals surface area (Å²) < 4.78 is 29.7. The van der Waals surface area contributed by atoms with Crippen LogP contribution in [-0.4, -0.2) is 43.4 Å². The molecule has 0 aliphatic carbocycles. The minimum absolute atomic E-state index is 0.0151. The number of hydrogen-bond donors (Lipinski definition) is 0. The summed E-state index contributed by atoms with van der Waals surface area (Å²) in [5.41, 5.74) is 1.29. The van der Waals surface area contributed by atoms with Gasteiger partial charge in [-0.2, -0.15) is 0 Å². The van der Waals surface area contributed by atoms with E-state index in [0.29, 0.717) is 35.3 Å². The van der Waals surface area contributed by atoms with Crippen LogP contribution in [0, 0.1) is 5.92 Å². The monoisotopic (exact) mass is 435 g/mol. The Balaban J connectivity index is 1.83. The molecule has 2 aromatic carbocycles. The lowest BCUT2D eigenvalue weighted by Gasteiger charge is -2.29. The maximum atomic E-state index is 13.3. The summed E-state index contributed by atoms with van der Waals surface area (Å²) in [6, 6.07) is 13.9. The Labute approximate surface area is 177 Å². The molecule has 1 saturated heterocycles. The molecule has 0 saturated carbocycles. The van der Waals surface area contributed by atoms with E-state index >= 15 is 0 Å². The van der Waals surface area contributed by atoms with Gasteiger partial charge in [0.25, 0.3) is 5.91 Å². The number of amides is 1. The molecule has 1 aliphatic rings. The number of rotatable bonds is 7. The van der Waals surface area contributed by atoms with E-state index in [0.717, 1.165) is 5.56 Å². The number of nitrogens with zero attached hydrogens (tertiary/aromatic N) is 1. The van der Waals surface area contributed by atoms with Crippen LogP contribution in [0.4, 0.5) is 0 Å². The molecule has 0 spiro atoms. The highest BCUT2D eigenvalue weighted by atomic mass is 35.5. The molecule has 7 heteroatoms. The number of carbonyl (C=O) groups is 1. The van der Waals surface area contributed by atoms with Crippen molar-refractivity contribution >= 4 is 27.3 Å². The third kappa shape index (κ3) is 5.73. The van der Waals surface area contributed by atoms with E-state index in [-0.39, 0.29) is 30.0 Å². The van der Waals surface area contributed by atoms with Crippen LogP contribution in [0.25, 0.3) is 0 Å². The highest BCUT2D eigenvalue weighted by Crippen LogP contribution is 2.25. The first-order valence-electron chi connectivity index (χ1n) is 9.73. The summed E-state index contributed by atoms with van der Waals surface area (Å²) in [7, 11) is -3.13. The van der Waals surface area contributed by atoms with Crippen molar-refractivity contribution in [2.75, 3.05) is 18.1 Å². The van der Waals surface area contributed by atoms with Gasteiger partial charge in [0.15, 0.2) is 9.84 Å². The van der Waals surface area contributed by atoms with E-state index < -0.39 is 9.84 Å². The van der Waals surface area contributed by atoms with Gasteiger partial charge >= 0.3 is 0 Å². The standard InChI is InChI=1S/C22H26ClNO4S/c1-16(2)14-28-20-9-7-17(8-10-20)22(25)24(19-11-12-29(26,27)15-19)13-18-5-3-4-6-21(18)23/h3-10,16,19H,11-15H2,1-2H3. The van der Waals surface area contributed by atoms with Crippen molar-refractivity contribution < 1.29 is 17.9 Å². The minimum atomic E-state index is -3.13. The molecule has 3 rings (SSSR count). The lowest BCUT2D eigenvalue weighted by atomic mass is 10.1. The van der Waals surface area contributed by atoms with Crippen molar-refractivity contribution in [3.63, 3.8) is 0 Å². The fourth-order valence-corrected chi connectivity index (χ4v) is 5.25. The van der Waals surface area contributed by atoms with Crippen molar-refractivity contribution in [3.8, 4) is 5.75 Å². The van der Waals surface area contributed by atoms with Gasteiger partial charge < -0.3 is 9.64 Å². The fraction of sp³-hybridized carbons (Fsp3) is 0.409. The van der Waals surface area contributed by atoms with E-state index in [9.17, 15) is 13.2 Å². The van der Waals surface area contributed by atoms with Crippen molar-refractivity contribution in [1.29, 1.82) is 0 Å². The van der Waals surface area contributed by atoms with Gasteiger partial charge in [-0.1, -0.05) is 43.6 Å². The summed E-state index contributed by atoms with van der Waals surface area (Å²) in [4.78, 5) is 14.9. The molecule has 0 aromatic heterocycles. The molecule has 0 radical (unpaired) electrons. The lowest BCUT2D eigenvalue weighted by Crippen LogP contribution is -2.40. The quantitative estimate of drug-likeness (QED) is 0.653. The van der Waals surface area contributed by atoms with Gasteiger partial charge in [0.05, 0.1) is 18.1 Å². The largest absolute Gasteiger partial charge is 0.493 e. The fourth-order valence-electron chi connectivity index (χ4n) is 3.32. The third-order valence-corrected chi connectivity index (χ3v) is 7.01. The summed E-state index contributed by atoms with van der Waals surface area (Å²) in [5.74, 6) is 0.996. The van der Waals surface area contributed by atoms with Gasteiger partial charge in [-0.15, -0.1) is 0 Å². The average molecular weight is 436 g/mol. The first-order valence-corrected chi connectivity index (χ1v) is 11.9.